The van der Waals surface area contributed by atoms with E-state index in [4.69, 9.17) is 14.2 Å². The largest absolute Gasteiger partial charge is 0.388 e. The zero-order chi connectivity index (χ0) is 12.8. The summed E-state index contributed by atoms with van der Waals surface area (Å²) in [5.74, 6) is 0. The molecule has 5 nitrogen and oxygen atoms in total. The molecule has 0 aromatic heterocycles. The van der Waals surface area contributed by atoms with Crippen LogP contribution in [-0.4, -0.2) is 68.5 Å². The van der Waals surface area contributed by atoms with E-state index in [9.17, 15) is 5.11 Å². The molecule has 0 amide bonds. The zero-order valence-corrected chi connectivity index (χ0v) is 11.3. The molecule has 0 radical (unpaired) electrons. The Kier molecular flexibility index (Phi) is 5.38. The van der Waals surface area contributed by atoms with Crippen molar-refractivity contribution in [3.63, 3.8) is 0 Å². The van der Waals surface area contributed by atoms with Gasteiger partial charge in [0.15, 0.2) is 6.29 Å². The van der Waals surface area contributed by atoms with E-state index in [0.717, 1.165) is 45.4 Å². The second kappa shape index (κ2) is 6.82. The SMILES string of the molecule is CN(CCC1OCCCO1)CC1(O)CCOCC1. The molecule has 2 aliphatic rings. The molecule has 0 atom stereocenters. The number of ether oxygens (including phenoxy) is 3. The molecule has 0 aromatic rings. The van der Waals surface area contributed by atoms with Gasteiger partial charge in [-0.2, -0.15) is 0 Å². The molecular weight excluding hydrogens is 234 g/mol. The summed E-state index contributed by atoms with van der Waals surface area (Å²) in [6, 6.07) is 0. The first kappa shape index (κ1) is 14.2. The maximum Gasteiger partial charge on any atom is 0.158 e. The van der Waals surface area contributed by atoms with Gasteiger partial charge < -0.3 is 24.2 Å². The molecule has 5 heteroatoms. The summed E-state index contributed by atoms with van der Waals surface area (Å²) >= 11 is 0. The molecule has 0 saturated carbocycles. The Hall–Kier alpha value is -0.200. The maximum absolute atomic E-state index is 10.4. The van der Waals surface area contributed by atoms with Crippen LogP contribution in [0.4, 0.5) is 0 Å². The molecule has 0 unspecified atom stereocenters. The number of hydrogen-bond acceptors (Lipinski definition) is 5. The number of nitrogens with zero attached hydrogens (tertiary/aromatic N) is 1. The van der Waals surface area contributed by atoms with Gasteiger partial charge in [0.05, 0.1) is 18.8 Å². The van der Waals surface area contributed by atoms with Crippen molar-refractivity contribution in [3.05, 3.63) is 0 Å². The van der Waals surface area contributed by atoms with Crippen LogP contribution in [0, 0.1) is 0 Å². The predicted molar refractivity (Wildman–Crippen MR) is 67.4 cm³/mol. The Morgan fingerprint density at radius 3 is 2.50 bits per heavy atom. The third kappa shape index (κ3) is 4.48. The van der Waals surface area contributed by atoms with Crippen molar-refractivity contribution in [2.75, 3.05) is 46.6 Å². The molecule has 0 aromatic carbocycles. The van der Waals surface area contributed by atoms with E-state index in [2.05, 4.69) is 4.90 Å². The van der Waals surface area contributed by atoms with E-state index >= 15 is 0 Å². The first-order valence-corrected chi connectivity index (χ1v) is 6.90. The highest BCUT2D eigenvalue weighted by Gasteiger charge is 2.31. The smallest absolute Gasteiger partial charge is 0.158 e. The lowest BCUT2D eigenvalue weighted by atomic mass is 9.94. The molecule has 0 aliphatic carbocycles. The highest BCUT2D eigenvalue weighted by atomic mass is 16.7. The Balaban J connectivity index is 1.65. The van der Waals surface area contributed by atoms with Gasteiger partial charge in [-0.05, 0) is 13.5 Å². The minimum Gasteiger partial charge on any atom is -0.388 e. The molecule has 2 fully saturated rings. The predicted octanol–water partition coefficient (Wildman–Crippen LogP) is 0.613. The monoisotopic (exact) mass is 259 g/mol. The lowest BCUT2D eigenvalue weighted by Crippen LogP contribution is -2.46. The number of hydrogen-bond donors (Lipinski definition) is 1. The highest BCUT2D eigenvalue weighted by molar-refractivity contribution is 4.84. The van der Waals surface area contributed by atoms with Crippen LogP contribution >= 0.6 is 0 Å². The van der Waals surface area contributed by atoms with Crippen LogP contribution in [0.5, 0.6) is 0 Å². The van der Waals surface area contributed by atoms with Crippen LogP contribution < -0.4 is 0 Å². The fraction of sp³-hybridized carbons (Fsp3) is 1.00. The van der Waals surface area contributed by atoms with Crippen molar-refractivity contribution in [1.29, 1.82) is 0 Å². The maximum atomic E-state index is 10.4. The van der Waals surface area contributed by atoms with Crippen LogP contribution in [0.3, 0.4) is 0 Å². The van der Waals surface area contributed by atoms with E-state index < -0.39 is 5.60 Å². The van der Waals surface area contributed by atoms with Crippen molar-refractivity contribution in [2.24, 2.45) is 0 Å². The summed E-state index contributed by atoms with van der Waals surface area (Å²) in [7, 11) is 2.04. The van der Waals surface area contributed by atoms with Gasteiger partial charge in [0.25, 0.3) is 0 Å². The summed E-state index contributed by atoms with van der Waals surface area (Å²) in [5, 5.41) is 10.4. The van der Waals surface area contributed by atoms with Gasteiger partial charge in [0.2, 0.25) is 0 Å². The lowest BCUT2D eigenvalue weighted by Gasteiger charge is -2.36. The molecule has 18 heavy (non-hydrogen) atoms. The molecular formula is C13H25NO4. The van der Waals surface area contributed by atoms with Crippen molar-refractivity contribution in [2.45, 2.75) is 37.6 Å². The van der Waals surface area contributed by atoms with Gasteiger partial charge in [0, 0.05) is 45.6 Å². The standard InChI is InChI=1S/C13H25NO4/c1-14(6-3-12-17-7-2-8-18-12)11-13(15)4-9-16-10-5-13/h12,15H,2-11H2,1H3. The Bertz CT molecular complexity index is 237. The Labute approximate surface area is 109 Å². The molecule has 106 valence electrons. The third-order valence-electron chi connectivity index (χ3n) is 3.63. The fourth-order valence-electron chi connectivity index (χ4n) is 2.52. The summed E-state index contributed by atoms with van der Waals surface area (Å²) < 4.78 is 16.3. The number of aliphatic hydroxyl groups is 1. The van der Waals surface area contributed by atoms with E-state index in [1.807, 2.05) is 7.05 Å². The summed E-state index contributed by atoms with van der Waals surface area (Å²) in [4.78, 5) is 2.16. The second-order valence-electron chi connectivity index (χ2n) is 5.39. The summed E-state index contributed by atoms with van der Waals surface area (Å²) in [5.41, 5.74) is -0.582. The van der Waals surface area contributed by atoms with Crippen LogP contribution in [0.25, 0.3) is 0 Å². The molecule has 0 bridgehead atoms. The second-order valence-corrected chi connectivity index (χ2v) is 5.39. The average Bonchev–Trinajstić information content (AvgIpc) is 2.38. The minimum atomic E-state index is -0.582. The number of likely N-dealkylation sites (N-methyl/N-ethyl adjacent to an activating group) is 1. The Morgan fingerprint density at radius 1 is 1.17 bits per heavy atom. The molecule has 2 heterocycles. The molecule has 0 spiro atoms. The Morgan fingerprint density at radius 2 is 1.83 bits per heavy atom. The fourth-order valence-corrected chi connectivity index (χ4v) is 2.52. The third-order valence-corrected chi connectivity index (χ3v) is 3.63. The van der Waals surface area contributed by atoms with Crippen molar-refractivity contribution < 1.29 is 19.3 Å². The summed E-state index contributed by atoms with van der Waals surface area (Å²) in [6.45, 7) is 4.51. The van der Waals surface area contributed by atoms with E-state index in [1.165, 1.54) is 0 Å². The van der Waals surface area contributed by atoms with Gasteiger partial charge in [0.1, 0.15) is 0 Å². The highest BCUT2D eigenvalue weighted by Crippen LogP contribution is 2.21. The van der Waals surface area contributed by atoms with Crippen molar-refractivity contribution in [3.8, 4) is 0 Å². The van der Waals surface area contributed by atoms with Gasteiger partial charge in [-0.15, -0.1) is 0 Å². The molecule has 1 N–H and O–H groups in total. The van der Waals surface area contributed by atoms with Crippen LogP contribution in [0.15, 0.2) is 0 Å². The van der Waals surface area contributed by atoms with Gasteiger partial charge >= 0.3 is 0 Å². The van der Waals surface area contributed by atoms with Crippen molar-refractivity contribution >= 4 is 0 Å². The minimum absolute atomic E-state index is 0.0643. The number of rotatable bonds is 5. The lowest BCUT2D eigenvalue weighted by molar-refractivity contribution is -0.183. The zero-order valence-electron chi connectivity index (χ0n) is 11.3. The quantitative estimate of drug-likeness (QED) is 0.784. The van der Waals surface area contributed by atoms with Crippen LogP contribution in [0.1, 0.15) is 25.7 Å². The molecule has 2 saturated heterocycles. The van der Waals surface area contributed by atoms with Crippen LogP contribution in [0.2, 0.25) is 0 Å². The van der Waals surface area contributed by atoms with Crippen LogP contribution in [-0.2, 0) is 14.2 Å². The van der Waals surface area contributed by atoms with Gasteiger partial charge in [-0.25, -0.2) is 0 Å². The van der Waals surface area contributed by atoms with E-state index in [0.29, 0.717) is 19.8 Å². The van der Waals surface area contributed by atoms with E-state index in [-0.39, 0.29) is 6.29 Å². The summed E-state index contributed by atoms with van der Waals surface area (Å²) in [6.07, 6.45) is 3.25. The topological polar surface area (TPSA) is 51.2 Å². The van der Waals surface area contributed by atoms with Gasteiger partial charge in [-0.3, -0.25) is 0 Å². The molecule has 2 aliphatic heterocycles. The van der Waals surface area contributed by atoms with Gasteiger partial charge in [-0.1, -0.05) is 0 Å². The normalized spacial score (nSPS) is 25.5. The van der Waals surface area contributed by atoms with Crippen molar-refractivity contribution in [1.82, 2.24) is 4.90 Å². The molecule has 2 rings (SSSR count). The van der Waals surface area contributed by atoms with E-state index in [1.54, 1.807) is 0 Å². The first-order chi connectivity index (χ1) is 8.68. The first-order valence-electron chi connectivity index (χ1n) is 6.90. The average molecular weight is 259 g/mol.